The minimum absolute atomic E-state index is 0.0402. The quantitative estimate of drug-likeness (QED) is 0.147. The molecular weight excluding hydrogens is 624 g/mol. The molecule has 3 N–H and O–H groups in total. The summed E-state index contributed by atoms with van der Waals surface area (Å²) in [7, 11) is 0. The summed E-state index contributed by atoms with van der Waals surface area (Å²) < 4.78 is 10.7. The Morgan fingerprint density at radius 1 is 0.918 bits per heavy atom. The number of ether oxygens (including phenoxy) is 2. The third-order valence-corrected chi connectivity index (χ3v) is 9.55. The van der Waals surface area contributed by atoms with Crippen LogP contribution in [0.15, 0.2) is 57.2 Å². The second-order valence-corrected chi connectivity index (χ2v) is 13.1. The number of anilines is 5. The zero-order valence-electron chi connectivity index (χ0n) is 28.4. The van der Waals surface area contributed by atoms with Gasteiger partial charge < -0.3 is 20.1 Å². The van der Waals surface area contributed by atoms with Gasteiger partial charge in [-0.25, -0.2) is 14.6 Å². The van der Waals surface area contributed by atoms with Crippen molar-refractivity contribution in [2.75, 3.05) is 53.8 Å². The molecule has 1 saturated carbocycles. The highest BCUT2D eigenvalue weighted by Gasteiger charge is 2.37. The van der Waals surface area contributed by atoms with Gasteiger partial charge in [-0.05, 0) is 74.9 Å². The lowest BCUT2D eigenvalue weighted by Crippen LogP contribution is -2.45. The fourth-order valence-corrected chi connectivity index (χ4v) is 6.81. The summed E-state index contributed by atoms with van der Waals surface area (Å²) in [5, 5.41) is 15.6. The molecule has 0 aromatic heterocycles. The van der Waals surface area contributed by atoms with Crippen LogP contribution < -0.4 is 31.7 Å². The molecule has 3 aromatic rings. The molecule has 1 aliphatic carbocycles. The highest BCUT2D eigenvalue weighted by molar-refractivity contribution is 6.14. The lowest BCUT2D eigenvalue weighted by atomic mass is 9.82. The summed E-state index contributed by atoms with van der Waals surface area (Å²) in [5.74, 6) is 0.307. The van der Waals surface area contributed by atoms with Gasteiger partial charge in [-0.2, -0.15) is 5.10 Å². The Morgan fingerprint density at radius 3 is 2.37 bits per heavy atom. The van der Waals surface area contributed by atoms with Crippen LogP contribution in [0, 0.1) is 12.8 Å². The first-order chi connectivity index (χ1) is 23.9. The standard InChI is InChI=1S/C37H46N6O6/c1-3-4-20-49-36(46)40-33-32(34(44)35(33)45)39-19-18-38-26-11-13-27(14-12-26)42-30-23-24(2)10-15-29(30)31(25-8-6-5-7-9-25)41-43(37(42)47)28-16-21-48-22-17-28/h10-15,23,25,28,38-39H,3-9,16-22H2,1-2H3,(H,40,46). The van der Waals surface area contributed by atoms with Crippen LogP contribution in [0.2, 0.25) is 0 Å². The summed E-state index contributed by atoms with van der Waals surface area (Å²) in [6.45, 7) is 6.23. The van der Waals surface area contributed by atoms with Crippen LogP contribution in [0.1, 0.15) is 75.8 Å². The second-order valence-electron chi connectivity index (χ2n) is 13.1. The predicted molar refractivity (Wildman–Crippen MR) is 192 cm³/mol. The van der Waals surface area contributed by atoms with Gasteiger partial charge in [0.1, 0.15) is 11.4 Å². The SMILES string of the molecule is CCCCOC(=O)Nc1c(NCCNc2ccc(N3C(=O)N(C4CCOCC4)N=C(C4CCCCC4)c4ccc(C)cc43)cc2)c(=O)c1=O. The smallest absolute Gasteiger partial charge is 0.411 e. The Kier molecular flexibility index (Phi) is 10.9. The maximum absolute atomic E-state index is 14.5. The molecule has 0 bridgehead atoms. The summed E-state index contributed by atoms with van der Waals surface area (Å²) >= 11 is 0. The van der Waals surface area contributed by atoms with Crippen LogP contribution in [0.4, 0.5) is 38.0 Å². The molecule has 1 saturated heterocycles. The van der Waals surface area contributed by atoms with Gasteiger partial charge in [0, 0.05) is 43.5 Å². The number of unbranched alkanes of at least 4 members (excludes halogenated alkanes) is 1. The van der Waals surface area contributed by atoms with Crippen LogP contribution in [0.5, 0.6) is 0 Å². The Balaban J connectivity index is 1.17. The number of benzene rings is 2. The lowest BCUT2D eigenvalue weighted by molar-refractivity contribution is 0.0480. The van der Waals surface area contributed by atoms with Crippen molar-refractivity contribution in [1.29, 1.82) is 0 Å². The van der Waals surface area contributed by atoms with E-state index in [0.29, 0.717) is 38.6 Å². The van der Waals surface area contributed by atoms with Crippen molar-refractivity contribution in [3.8, 4) is 0 Å². The number of aryl methyl sites for hydroxylation is 1. The number of amides is 3. The van der Waals surface area contributed by atoms with E-state index in [1.54, 1.807) is 9.91 Å². The van der Waals surface area contributed by atoms with Crippen molar-refractivity contribution < 1.29 is 19.1 Å². The van der Waals surface area contributed by atoms with Gasteiger partial charge in [0.15, 0.2) is 0 Å². The van der Waals surface area contributed by atoms with Crippen molar-refractivity contribution in [2.45, 2.75) is 77.7 Å². The number of carbonyl (C=O) groups is 2. The van der Waals surface area contributed by atoms with Crippen molar-refractivity contribution in [1.82, 2.24) is 5.01 Å². The topological polar surface area (TPSA) is 142 Å². The van der Waals surface area contributed by atoms with Gasteiger partial charge in [-0.3, -0.25) is 19.8 Å². The summed E-state index contributed by atoms with van der Waals surface area (Å²) in [6.07, 6.45) is 8.02. The molecule has 3 aliphatic rings. The molecule has 12 heteroatoms. The van der Waals surface area contributed by atoms with E-state index < -0.39 is 17.0 Å². The average molecular weight is 671 g/mol. The number of carbonyl (C=O) groups excluding carboxylic acids is 2. The van der Waals surface area contributed by atoms with E-state index in [4.69, 9.17) is 14.6 Å². The molecule has 6 rings (SSSR count). The van der Waals surface area contributed by atoms with E-state index >= 15 is 0 Å². The van der Waals surface area contributed by atoms with Gasteiger partial charge in [0.25, 0.3) is 10.9 Å². The summed E-state index contributed by atoms with van der Waals surface area (Å²) in [5.41, 5.74) is 4.08. The fraction of sp³-hybridized carbons (Fsp3) is 0.486. The molecule has 3 amide bonds. The van der Waals surface area contributed by atoms with E-state index in [-0.39, 0.29) is 30.1 Å². The van der Waals surface area contributed by atoms with Crippen LogP contribution in [-0.4, -0.2) is 61.8 Å². The molecular formula is C37H46N6O6. The molecule has 0 spiro atoms. The Bertz CT molecular complexity index is 1740. The van der Waals surface area contributed by atoms with E-state index in [2.05, 4.69) is 34.1 Å². The highest BCUT2D eigenvalue weighted by atomic mass is 16.5. The van der Waals surface area contributed by atoms with E-state index in [1.807, 2.05) is 38.1 Å². The molecule has 0 unspecified atom stereocenters. The number of nitrogens with one attached hydrogen (secondary N) is 3. The van der Waals surface area contributed by atoms with Crippen LogP contribution in [0.3, 0.4) is 0 Å². The van der Waals surface area contributed by atoms with Crippen LogP contribution >= 0.6 is 0 Å². The number of urea groups is 1. The molecule has 12 nitrogen and oxygen atoms in total. The second kappa shape index (κ2) is 15.7. The number of rotatable bonds is 12. The minimum Gasteiger partial charge on any atom is -0.449 e. The molecule has 2 aliphatic heterocycles. The van der Waals surface area contributed by atoms with Crippen molar-refractivity contribution in [3.05, 3.63) is 74.0 Å². The summed E-state index contributed by atoms with van der Waals surface area (Å²) in [4.78, 5) is 52.5. The highest BCUT2D eigenvalue weighted by Crippen LogP contribution is 2.39. The average Bonchev–Trinajstić information content (AvgIpc) is 3.25. The van der Waals surface area contributed by atoms with Gasteiger partial charge in [-0.15, -0.1) is 0 Å². The fourth-order valence-electron chi connectivity index (χ4n) is 6.81. The first-order valence-corrected chi connectivity index (χ1v) is 17.6. The zero-order chi connectivity index (χ0) is 34.3. The lowest BCUT2D eigenvalue weighted by Gasteiger charge is -2.33. The van der Waals surface area contributed by atoms with Gasteiger partial charge in [-0.1, -0.05) is 44.7 Å². The number of nitrogens with zero attached hydrogens (tertiary/aromatic N) is 3. The Labute approximate surface area is 286 Å². The Hall–Kier alpha value is -4.71. The molecule has 260 valence electrons. The third-order valence-electron chi connectivity index (χ3n) is 9.55. The molecule has 2 heterocycles. The predicted octanol–water partition coefficient (Wildman–Crippen LogP) is 6.50. The van der Waals surface area contributed by atoms with Crippen molar-refractivity contribution in [2.24, 2.45) is 11.0 Å². The molecule has 49 heavy (non-hydrogen) atoms. The maximum atomic E-state index is 14.5. The Morgan fingerprint density at radius 2 is 1.63 bits per heavy atom. The number of fused-ring (bicyclic) bond motifs is 1. The minimum atomic E-state index is -0.754. The van der Waals surface area contributed by atoms with E-state index in [9.17, 15) is 19.2 Å². The van der Waals surface area contributed by atoms with E-state index in [0.717, 1.165) is 66.0 Å². The van der Waals surface area contributed by atoms with Crippen LogP contribution in [0.25, 0.3) is 0 Å². The molecule has 3 aromatic carbocycles. The monoisotopic (exact) mass is 670 g/mol. The number of hydrogen-bond donors (Lipinski definition) is 3. The van der Waals surface area contributed by atoms with Gasteiger partial charge in [0.05, 0.1) is 29.7 Å². The third kappa shape index (κ3) is 7.64. The largest absolute Gasteiger partial charge is 0.449 e. The van der Waals surface area contributed by atoms with Crippen molar-refractivity contribution >= 4 is 46.3 Å². The van der Waals surface area contributed by atoms with Crippen LogP contribution in [-0.2, 0) is 9.47 Å². The molecule has 2 fully saturated rings. The number of hydrazone groups is 1. The van der Waals surface area contributed by atoms with Crippen molar-refractivity contribution in [3.63, 3.8) is 0 Å². The molecule has 0 atom stereocenters. The molecule has 0 radical (unpaired) electrons. The van der Waals surface area contributed by atoms with Gasteiger partial charge in [0.2, 0.25) is 0 Å². The van der Waals surface area contributed by atoms with Gasteiger partial charge >= 0.3 is 12.1 Å². The van der Waals surface area contributed by atoms with E-state index in [1.165, 1.54) is 19.3 Å². The first kappa shape index (κ1) is 34.2. The first-order valence-electron chi connectivity index (χ1n) is 17.6. The number of hydrogen-bond acceptors (Lipinski definition) is 9. The summed E-state index contributed by atoms with van der Waals surface area (Å²) in [6, 6.07) is 13.8. The zero-order valence-corrected chi connectivity index (χ0v) is 28.4. The normalized spacial score (nSPS) is 17.3. The maximum Gasteiger partial charge on any atom is 0.411 e.